The molecule has 1 aliphatic carbocycles. The monoisotopic (exact) mass is 508 g/mol. The van der Waals surface area contributed by atoms with Gasteiger partial charge >= 0.3 is 0 Å². The van der Waals surface area contributed by atoms with Crippen LogP contribution in [0.1, 0.15) is 53.7 Å². The second-order valence-corrected chi connectivity index (χ2v) is 9.35. The van der Waals surface area contributed by atoms with E-state index in [0.717, 1.165) is 30.2 Å². The van der Waals surface area contributed by atoms with Gasteiger partial charge < -0.3 is 10.5 Å². The molecule has 1 aliphatic rings. The molecule has 3 aromatic rings. The van der Waals surface area contributed by atoms with Gasteiger partial charge in [0.05, 0.1) is 30.8 Å². The predicted octanol–water partition coefficient (Wildman–Crippen LogP) is 5.13. The van der Waals surface area contributed by atoms with Gasteiger partial charge in [-0.25, -0.2) is 18.2 Å². The van der Waals surface area contributed by atoms with Crippen LogP contribution >= 0.6 is 0 Å². The van der Waals surface area contributed by atoms with E-state index in [9.17, 15) is 18.0 Å². The molecule has 2 N–H and O–H groups in total. The number of nitrogens with zero attached hydrogens (tertiary/aromatic N) is 3. The van der Waals surface area contributed by atoms with E-state index in [1.807, 2.05) is 6.07 Å². The Balaban J connectivity index is 1.55. The lowest BCUT2D eigenvalue weighted by Gasteiger charge is -2.39. The van der Waals surface area contributed by atoms with Crippen molar-refractivity contribution < 1.29 is 22.7 Å². The van der Waals surface area contributed by atoms with Crippen molar-refractivity contribution in [3.05, 3.63) is 83.1 Å². The molecule has 4 rings (SSSR count). The first-order chi connectivity index (χ1) is 17.8. The summed E-state index contributed by atoms with van der Waals surface area (Å²) in [4.78, 5) is 21.3. The van der Waals surface area contributed by atoms with Crippen LogP contribution in [-0.4, -0.2) is 34.5 Å². The van der Waals surface area contributed by atoms with Crippen molar-refractivity contribution in [2.45, 2.75) is 50.7 Å². The molecule has 37 heavy (non-hydrogen) atoms. The van der Waals surface area contributed by atoms with Gasteiger partial charge in [-0.3, -0.25) is 9.78 Å². The number of nitriles is 1. The molecule has 0 unspecified atom stereocenters. The lowest BCUT2D eigenvalue weighted by molar-refractivity contribution is -0.0199. The van der Waals surface area contributed by atoms with E-state index in [-0.39, 0.29) is 36.1 Å². The largest absolute Gasteiger partial charge is 0.375 e. The fourth-order valence-electron chi connectivity index (χ4n) is 5.09. The first-order valence-corrected chi connectivity index (χ1v) is 12.1. The first kappa shape index (κ1) is 26.5. The number of carbonyl (C=O) groups excluding carboxylic acids is 1. The third-order valence-corrected chi connectivity index (χ3v) is 6.78. The quantitative estimate of drug-likeness (QED) is 0.335. The summed E-state index contributed by atoms with van der Waals surface area (Å²) in [6.45, 7) is 2.39. The highest BCUT2D eigenvalue weighted by atomic mass is 19.1. The highest BCUT2D eigenvalue weighted by Crippen LogP contribution is 2.38. The van der Waals surface area contributed by atoms with E-state index in [1.54, 1.807) is 12.4 Å². The van der Waals surface area contributed by atoms with Gasteiger partial charge in [-0.15, -0.1) is 0 Å². The fraction of sp³-hybridized carbons (Fsp3) is 0.357. The summed E-state index contributed by atoms with van der Waals surface area (Å²) >= 11 is 0. The van der Waals surface area contributed by atoms with Crippen molar-refractivity contribution in [2.24, 2.45) is 11.7 Å². The van der Waals surface area contributed by atoms with Gasteiger partial charge in [0.2, 0.25) is 0 Å². The molecule has 0 radical (unpaired) electrons. The van der Waals surface area contributed by atoms with Gasteiger partial charge in [0, 0.05) is 24.9 Å². The lowest BCUT2D eigenvalue weighted by Crippen LogP contribution is -2.46. The van der Waals surface area contributed by atoms with Gasteiger partial charge in [0.25, 0.3) is 0 Å². The number of hydrogen-bond acceptors (Lipinski definition) is 6. The average molecular weight is 509 g/mol. The van der Waals surface area contributed by atoms with E-state index < -0.39 is 34.5 Å². The zero-order valence-corrected chi connectivity index (χ0v) is 20.3. The van der Waals surface area contributed by atoms with Gasteiger partial charge in [0.1, 0.15) is 28.8 Å². The number of halogens is 3. The minimum atomic E-state index is -0.969. The molecule has 0 bridgehead atoms. The minimum absolute atomic E-state index is 0.0656. The Morgan fingerprint density at radius 2 is 1.89 bits per heavy atom. The molecule has 2 aromatic heterocycles. The molecule has 6 nitrogen and oxygen atoms in total. The molecule has 192 valence electrons. The topological polar surface area (TPSA) is 102 Å². The Morgan fingerprint density at radius 1 is 1.14 bits per heavy atom. The number of benzene rings is 1. The highest BCUT2D eigenvalue weighted by Gasteiger charge is 2.35. The SMILES string of the molecule is C[C@@H]1C[C@H](c2ccncc2CC(=O)c2ccc(F)c(-c3c(F)cccc3F)n2)C[C@H](N)[C@@H]1OCCC#N. The van der Waals surface area contributed by atoms with Crippen molar-refractivity contribution in [1.82, 2.24) is 9.97 Å². The van der Waals surface area contributed by atoms with E-state index in [2.05, 4.69) is 23.0 Å². The normalized spacial score (nSPS) is 21.4. The summed E-state index contributed by atoms with van der Waals surface area (Å²) in [7, 11) is 0. The van der Waals surface area contributed by atoms with Gasteiger partial charge in [-0.2, -0.15) is 5.26 Å². The van der Waals surface area contributed by atoms with Crippen LogP contribution in [0.25, 0.3) is 11.3 Å². The molecular formula is C28H27F3N4O2. The maximum absolute atomic E-state index is 14.5. The molecular weight excluding hydrogens is 481 g/mol. The lowest BCUT2D eigenvalue weighted by atomic mass is 9.73. The third-order valence-electron chi connectivity index (χ3n) is 6.78. The van der Waals surface area contributed by atoms with E-state index in [4.69, 9.17) is 15.7 Å². The Labute approximate surface area is 213 Å². The standard InChI is InChI=1S/C28H27F3N4O2/c1-16-12-17(13-23(33)28(16)37-11-3-9-32)19-8-10-34-15-18(19)14-25(36)24-7-6-22(31)27(35-24)26-20(29)4-2-5-21(26)30/h2,4-8,10,15-17,23,28H,3,11-14,33H2,1H3/t16-,17+,23+,28-/m1/s1. The molecule has 0 aliphatic heterocycles. The summed E-state index contributed by atoms with van der Waals surface area (Å²) in [5.41, 5.74) is 6.78. The third kappa shape index (κ3) is 5.87. The van der Waals surface area contributed by atoms with Crippen molar-refractivity contribution >= 4 is 5.78 Å². The van der Waals surface area contributed by atoms with E-state index >= 15 is 0 Å². The molecule has 9 heteroatoms. The van der Waals surface area contributed by atoms with Gasteiger partial charge in [-0.05, 0) is 66.1 Å². The number of nitrogens with two attached hydrogens (primary N) is 1. The van der Waals surface area contributed by atoms with Crippen LogP contribution in [0.2, 0.25) is 0 Å². The van der Waals surface area contributed by atoms with Crippen LogP contribution in [0.4, 0.5) is 13.2 Å². The van der Waals surface area contributed by atoms with Crippen molar-refractivity contribution in [3.63, 3.8) is 0 Å². The number of ketones is 1. The van der Waals surface area contributed by atoms with Crippen molar-refractivity contribution in [2.75, 3.05) is 6.61 Å². The Bertz CT molecular complexity index is 1290. The highest BCUT2D eigenvalue weighted by molar-refractivity contribution is 5.96. The molecule has 2 heterocycles. The number of pyridine rings is 2. The van der Waals surface area contributed by atoms with Crippen LogP contribution in [0, 0.1) is 34.7 Å². The van der Waals surface area contributed by atoms with E-state index in [1.165, 1.54) is 12.1 Å². The molecule has 0 spiro atoms. The zero-order chi connectivity index (χ0) is 26.5. The fourth-order valence-corrected chi connectivity index (χ4v) is 5.09. The van der Waals surface area contributed by atoms with Crippen molar-refractivity contribution in [3.8, 4) is 17.3 Å². The van der Waals surface area contributed by atoms with Crippen LogP contribution in [0.5, 0.6) is 0 Å². The van der Waals surface area contributed by atoms with Crippen molar-refractivity contribution in [1.29, 1.82) is 5.26 Å². The molecule has 4 atom stereocenters. The van der Waals surface area contributed by atoms with Crippen LogP contribution in [0.15, 0.2) is 48.8 Å². The maximum atomic E-state index is 14.5. The Hall–Kier alpha value is -3.61. The number of carbonyl (C=O) groups is 1. The van der Waals surface area contributed by atoms with Crippen LogP contribution in [-0.2, 0) is 11.2 Å². The maximum Gasteiger partial charge on any atom is 0.185 e. The summed E-state index contributed by atoms with van der Waals surface area (Å²) in [6.07, 6.45) is 4.77. The number of hydrogen-bond donors (Lipinski definition) is 1. The Kier molecular flexibility index (Phi) is 8.31. The molecule has 1 aromatic carbocycles. The second-order valence-electron chi connectivity index (χ2n) is 9.35. The summed E-state index contributed by atoms with van der Waals surface area (Å²) in [5, 5.41) is 8.76. The van der Waals surface area contributed by atoms with Crippen LogP contribution in [0.3, 0.4) is 0 Å². The average Bonchev–Trinajstić information content (AvgIpc) is 2.87. The number of ether oxygens (including phenoxy) is 1. The first-order valence-electron chi connectivity index (χ1n) is 12.1. The van der Waals surface area contributed by atoms with Gasteiger partial charge in [-0.1, -0.05) is 13.0 Å². The second kappa shape index (κ2) is 11.6. The predicted molar refractivity (Wildman–Crippen MR) is 131 cm³/mol. The summed E-state index contributed by atoms with van der Waals surface area (Å²) in [6, 6.07) is 9.06. The molecule has 1 fully saturated rings. The number of aromatic nitrogens is 2. The minimum Gasteiger partial charge on any atom is -0.375 e. The van der Waals surface area contributed by atoms with E-state index in [0.29, 0.717) is 25.0 Å². The molecule has 0 saturated heterocycles. The summed E-state index contributed by atoms with van der Waals surface area (Å²) in [5.74, 6) is -3.10. The summed E-state index contributed by atoms with van der Waals surface area (Å²) < 4.78 is 48.8. The van der Waals surface area contributed by atoms with Crippen LogP contribution < -0.4 is 5.73 Å². The number of rotatable bonds is 8. The zero-order valence-electron chi connectivity index (χ0n) is 20.3. The molecule has 1 saturated carbocycles. The van der Waals surface area contributed by atoms with Gasteiger partial charge in [0.15, 0.2) is 5.78 Å². The molecule has 0 amide bonds. The Morgan fingerprint density at radius 3 is 2.59 bits per heavy atom. The number of Topliss-reactive ketones (excluding diaryl/α,β-unsaturated/α-hetero) is 1. The smallest absolute Gasteiger partial charge is 0.185 e.